The van der Waals surface area contributed by atoms with E-state index in [1.54, 1.807) is 0 Å². The fourth-order valence-electron chi connectivity index (χ4n) is 9.34. The number of rotatable bonds is 32. The molecule has 0 N–H and O–H groups in total. The minimum atomic E-state index is -3.70. The van der Waals surface area contributed by atoms with E-state index in [1.807, 2.05) is 0 Å². The predicted molar refractivity (Wildman–Crippen MR) is 180 cm³/mol. The first-order valence-corrected chi connectivity index (χ1v) is 19.7. The summed E-state index contributed by atoms with van der Waals surface area (Å²) in [5, 5.41) is 187. The molecule has 0 aromatic rings. The van der Waals surface area contributed by atoms with Crippen molar-refractivity contribution in [3.8, 4) is 0 Å². The van der Waals surface area contributed by atoms with Crippen LogP contribution in [-0.2, 0) is 76.7 Å². The van der Waals surface area contributed by atoms with E-state index in [0.717, 1.165) is 0 Å². The smallest absolute Gasteiger partial charge is 0.550 e. The molecule has 52 heteroatoms. The van der Waals surface area contributed by atoms with Gasteiger partial charge in [0.2, 0.25) is 0 Å². The molecular weight excluding hydrogens is 1390 g/mol. The molecule has 2 aliphatic rings. The minimum Gasteiger partial charge on any atom is -0.550 e. The van der Waals surface area contributed by atoms with Crippen LogP contribution < -0.4 is 555 Å². The standard InChI is InChI=1S/2C19H22N2O16.16Na/c2*22-9(23)1-8-20-18(4-12(28)29,5-13(30)31)19(6-14(32)33,7-15(34)35)21(8)17(16(36)37,2-10(24)25)3-11(26)27;;;;;;;;;;;;;;;;/h2*1-7H2,(H,22,23)(H,24,25)(H,26,27)(H,28,29)(H,30,31)(H,32,33)(H,34,35)(H,36,37);;;;;;;;;;;;;;;;/q;;16*+1/p-16. The molecule has 0 saturated carbocycles. The number of aliphatic imine (C=N–C) groups is 2. The Balaban J connectivity index is -0.0000000738. The Morgan fingerprint density at radius 3 is 0.522 bits per heavy atom. The summed E-state index contributed by atoms with van der Waals surface area (Å²) in [7, 11) is 0. The first kappa shape index (κ1) is 136. The zero-order valence-electron chi connectivity index (χ0n) is 52.8. The normalized spacial score (nSPS) is 13.1. The summed E-state index contributed by atoms with van der Waals surface area (Å²) in [5.41, 5.74) is -20.6. The molecule has 2 heterocycles. The number of carboxylic acids is 16. The molecule has 2 aliphatic heterocycles. The zero-order chi connectivity index (χ0) is 57.9. The van der Waals surface area contributed by atoms with Crippen LogP contribution in [0.4, 0.5) is 0 Å². The SMILES string of the molecule is O=C([O-])CC1=NC(CC(=O)[O-])(CC(=O)[O-])C(CC(=O)[O-])(CC(=O)[O-])N1C(CC(=O)[O-])(CC(=O)[O-])C(=O)[O-].O=C([O-])CC1=NC(CC(=O)[O-])(CC(=O)[O-])C(CC(=O)[O-])(CC(=O)[O-])N1C(CC(=O)[O-])(CC(=O)[O-])C(=O)[O-].[Na+].[Na+].[Na+].[Na+].[Na+].[Na+].[Na+].[Na+].[Na+].[Na+].[Na+].[Na+].[Na+].[Na+].[Na+].[Na+]. The molecule has 0 aliphatic carbocycles. The Morgan fingerprint density at radius 2 is 0.411 bits per heavy atom. The van der Waals surface area contributed by atoms with Crippen LogP contribution in [-0.4, -0.2) is 150 Å². The molecule has 2 rings (SSSR count). The van der Waals surface area contributed by atoms with Gasteiger partial charge in [-0.15, -0.1) is 0 Å². The maximum Gasteiger partial charge on any atom is 1.00 e. The van der Waals surface area contributed by atoms with Crippen molar-refractivity contribution in [1.29, 1.82) is 0 Å². The quantitative estimate of drug-likeness (QED) is 0.0564. The van der Waals surface area contributed by atoms with Crippen LogP contribution in [0.2, 0.25) is 0 Å². The molecule has 0 spiro atoms. The van der Waals surface area contributed by atoms with Gasteiger partial charge in [-0.1, -0.05) is 0 Å². The van der Waals surface area contributed by atoms with Gasteiger partial charge in [0.05, 0.1) is 45.2 Å². The molecule has 0 atom stereocenters. The molecule has 0 radical (unpaired) electrons. The van der Waals surface area contributed by atoms with Crippen LogP contribution in [0.3, 0.4) is 0 Å². The molecule has 0 aromatic carbocycles. The number of hydrogen-bond donors (Lipinski definition) is 0. The largest absolute Gasteiger partial charge is 1.00 e. The third-order valence-electron chi connectivity index (χ3n) is 11.3. The fourth-order valence-corrected chi connectivity index (χ4v) is 9.34. The Hall–Kier alpha value is 6.46. The number of carboxylic acid groups (broad SMARTS) is 16. The molecular formula is C38H28N4Na16O32. The van der Waals surface area contributed by atoms with E-state index in [-0.39, 0.29) is 483 Å². The van der Waals surface area contributed by atoms with Gasteiger partial charge in [0.15, 0.2) is 0 Å². The number of carbonyl (C=O) groups excluding carboxylic acids is 16. The van der Waals surface area contributed by atoms with Crippen molar-refractivity contribution >= 4 is 107 Å². The predicted octanol–water partition coefficient (Wildman–Crippen LogP) is -72.6. The first-order chi connectivity index (χ1) is 33.7. The van der Waals surface area contributed by atoms with Crippen molar-refractivity contribution in [2.45, 2.75) is 123 Å². The summed E-state index contributed by atoms with van der Waals surface area (Å²) >= 11 is 0. The van der Waals surface area contributed by atoms with Gasteiger partial charge in [0.25, 0.3) is 0 Å². The fraction of sp³-hybridized carbons (Fsp3) is 0.526. The van der Waals surface area contributed by atoms with Gasteiger partial charge in [0, 0.05) is 173 Å². The second-order valence-electron chi connectivity index (χ2n) is 16.2. The second kappa shape index (κ2) is 60.7. The molecule has 0 aromatic heterocycles. The zero-order valence-corrected chi connectivity index (χ0v) is 84.8. The summed E-state index contributed by atoms with van der Waals surface area (Å²) in [6, 6.07) is 0. The van der Waals surface area contributed by atoms with Crippen LogP contribution in [0.1, 0.15) is 89.9 Å². The number of amidine groups is 2. The van der Waals surface area contributed by atoms with Gasteiger partial charge >= 0.3 is 473 Å². The summed E-state index contributed by atoms with van der Waals surface area (Å²) in [6.45, 7) is 0. The van der Waals surface area contributed by atoms with E-state index in [4.69, 9.17) is 0 Å². The summed E-state index contributed by atoms with van der Waals surface area (Å²) in [5.74, 6) is -40.7. The van der Waals surface area contributed by atoms with Crippen LogP contribution in [0.5, 0.6) is 0 Å². The molecule has 0 saturated heterocycles. The molecule has 36 nitrogen and oxygen atoms in total. The van der Waals surface area contributed by atoms with E-state index in [9.17, 15) is 158 Å². The molecule has 0 bridgehead atoms. The van der Waals surface area contributed by atoms with E-state index in [2.05, 4.69) is 9.98 Å². The molecule has 0 fully saturated rings. The minimum absolute atomic E-state index is 0. The Bertz CT molecular complexity index is 2280. The van der Waals surface area contributed by atoms with Crippen LogP contribution >= 0.6 is 0 Å². The number of carbonyl (C=O) groups is 16. The monoisotopic (exact) mass is 1420 g/mol. The van der Waals surface area contributed by atoms with Crippen molar-refractivity contribution in [2.75, 3.05) is 0 Å². The number of nitrogens with zero attached hydrogens (tertiary/aromatic N) is 4. The first-order valence-electron chi connectivity index (χ1n) is 19.7. The second-order valence-corrected chi connectivity index (χ2v) is 16.2. The van der Waals surface area contributed by atoms with E-state index in [0.29, 0.717) is 0 Å². The summed E-state index contributed by atoms with van der Waals surface area (Å²) in [6.07, 6.45) is -25.9. The van der Waals surface area contributed by atoms with Crippen molar-refractivity contribution in [2.24, 2.45) is 9.98 Å². The maximum absolute atomic E-state index is 12.3. The van der Waals surface area contributed by atoms with Crippen molar-refractivity contribution in [3.05, 3.63) is 0 Å². The van der Waals surface area contributed by atoms with Crippen LogP contribution in [0, 0.1) is 0 Å². The molecule has 408 valence electrons. The van der Waals surface area contributed by atoms with Crippen molar-refractivity contribution in [1.82, 2.24) is 9.80 Å². The van der Waals surface area contributed by atoms with Gasteiger partial charge in [-0.3, -0.25) is 9.98 Å². The van der Waals surface area contributed by atoms with E-state index in [1.165, 1.54) is 0 Å². The van der Waals surface area contributed by atoms with Gasteiger partial charge in [-0.25, -0.2) is 0 Å². The van der Waals surface area contributed by atoms with Gasteiger partial charge < -0.3 is 168 Å². The number of hydrogen-bond acceptors (Lipinski definition) is 36. The third kappa shape index (κ3) is 38.5. The Labute approximate surface area is 862 Å². The molecule has 0 amide bonds. The van der Waals surface area contributed by atoms with Gasteiger partial charge in [0.1, 0.15) is 11.7 Å². The molecule has 90 heavy (non-hydrogen) atoms. The summed E-state index contributed by atoms with van der Waals surface area (Å²) in [4.78, 5) is 193. The van der Waals surface area contributed by atoms with Gasteiger partial charge in [-0.2, -0.15) is 0 Å². The average Bonchev–Trinajstić information content (AvgIpc) is 3.50. The maximum atomic E-state index is 12.3. The third-order valence-corrected chi connectivity index (χ3v) is 11.3. The van der Waals surface area contributed by atoms with Gasteiger partial charge in [-0.05, 0) is 0 Å². The Kier molecular flexibility index (Phi) is 91.6. The summed E-state index contributed by atoms with van der Waals surface area (Å²) < 4.78 is 0. The topological polar surface area (TPSA) is 673 Å². The van der Waals surface area contributed by atoms with E-state index < -0.39 is 230 Å². The molecule has 0 unspecified atom stereocenters. The number of aliphatic carboxylic acids is 16. The van der Waals surface area contributed by atoms with Crippen LogP contribution in [0.25, 0.3) is 0 Å². The van der Waals surface area contributed by atoms with Crippen molar-refractivity contribution in [3.63, 3.8) is 0 Å². The van der Waals surface area contributed by atoms with E-state index >= 15 is 0 Å². The van der Waals surface area contributed by atoms with Crippen molar-refractivity contribution < 1.29 is 631 Å². The van der Waals surface area contributed by atoms with Crippen LogP contribution in [0.15, 0.2) is 9.98 Å². The average molecular weight is 1420 g/mol. The Morgan fingerprint density at radius 1 is 0.256 bits per heavy atom.